The Morgan fingerprint density at radius 1 is 1.40 bits per heavy atom. The Bertz CT molecular complexity index is 447. The second-order valence-corrected chi connectivity index (χ2v) is 3.47. The number of aromatic nitrogens is 3. The Hall–Kier alpha value is -1.84. The molecule has 1 N–H and O–H groups in total. The zero-order chi connectivity index (χ0) is 10.7. The van der Waals surface area contributed by atoms with Crippen LogP contribution < -0.4 is 5.32 Å². The fraction of sp³-hybridized carbons (Fsp3) is 0.273. The average Bonchev–Trinajstić information content (AvgIpc) is 2.63. The van der Waals surface area contributed by atoms with Crippen LogP contribution in [0.4, 0.5) is 5.69 Å². The maximum Gasteiger partial charge on any atom is 0.0815 e. The average molecular weight is 202 g/mol. The Morgan fingerprint density at radius 2 is 2.27 bits per heavy atom. The van der Waals surface area contributed by atoms with Crippen LogP contribution >= 0.6 is 0 Å². The van der Waals surface area contributed by atoms with E-state index in [2.05, 4.69) is 15.4 Å². The summed E-state index contributed by atoms with van der Waals surface area (Å²) >= 11 is 0. The van der Waals surface area contributed by atoms with Crippen molar-refractivity contribution in [2.24, 2.45) is 7.05 Å². The van der Waals surface area contributed by atoms with E-state index in [0.717, 1.165) is 23.6 Å². The van der Waals surface area contributed by atoms with E-state index in [-0.39, 0.29) is 0 Å². The van der Waals surface area contributed by atoms with E-state index in [0.29, 0.717) is 0 Å². The lowest BCUT2D eigenvalue weighted by Crippen LogP contribution is -2.03. The Morgan fingerprint density at radius 3 is 2.93 bits per heavy atom. The van der Waals surface area contributed by atoms with Gasteiger partial charge in [-0.1, -0.05) is 0 Å². The van der Waals surface area contributed by atoms with Crippen LogP contribution in [0.15, 0.2) is 30.6 Å². The molecule has 0 bridgehead atoms. The molecule has 2 aromatic heterocycles. The van der Waals surface area contributed by atoms with E-state index in [9.17, 15) is 0 Å². The van der Waals surface area contributed by atoms with Gasteiger partial charge in [-0.2, -0.15) is 5.10 Å². The van der Waals surface area contributed by atoms with E-state index in [4.69, 9.17) is 0 Å². The summed E-state index contributed by atoms with van der Waals surface area (Å²) in [5, 5.41) is 7.59. The summed E-state index contributed by atoms with van der Waals surface area (Å²) < 4.78 is 1.80. The van der Waals surface area contributed by atoms with Gasteiger partial charge in [-0.05, 0) is 25.1 Å². The molecule has 0 saturated carbocycles. The van der Waals surface area contributed by atoms with Crippen molar-refractivity contribution < 1.29 is 0 Å². The monoisotopic (exact) mass is 202 g/mol. The van der Waals surface area contributed by atoms with E-state index >= 15 is 0 Å². The standard InChI is InChI=1S/C11H14N4/c1-9-11(4-3-6-12-9)13-8-10-5-7-15(2)14-10/h3-7,13H,8H2,1-2H3. The molecule has 0 spiro atoms. The van der Waals surface area contributed by atoms with Crippen LogP contribution in [0.1, 0.15) is 11.4 Å². The zero-order valence-electron chi connectivity index (χ0n) is 8.94. The number of nitrogens with zero attached hydrogens (tertiary/aromatic N) is 3. The molecule has 0 fully saturated rings. The van der Waals surface area contributed by atoms with E-state index in [1.54, 1.807) is 10.9 Å². The van der Waals surface area contributed by atoms with Gasteiger partial charge in [0.2, 0.25) is 0 Å². The molecule has 0 aliphatic rings. The summed E-state index contributed by atoms with van der Waals surface area (Å²) in [6.45, 7) is 2.72. The molecular weight excluding hydrogens is 188 g/mol. The molecule has 0 aromatic carbocycles. The van der Waals surface area contributed by atoms with Crippen LogP contribution in [-0.4, -0.2) is 14.8 Å². The van der Waals surface area contributed by atoms with E-state index in [1.165, 1.54) is 0 Å². The first kappa shape index (κ1) is 9.71. The summed E-state index contributed by atoms with van der Waals surface area (Å²) in [6, 6.07) is 5.94. The molecule has 0 radical (unpaired) electrons. The van der Waals surface area contributed by atoms with Gasteiger partial charge in [0.05, 0.1) is 23.6 Å². The number of aryl methyl sites for hydroxylation is 2. The normalized spacial score (nSPS) is 10.3. The minimum atomic E-state index is 0.730. The predicted octanol–water partition coefficient (Wildman–Crippen LogP) is 1.74. The number of rotatable bonds is 3. The van der Waals surface area contributed by atoms with Crippen molar-refractivity contribution in [3.63, 3.8) is 0 Å². The van der Waals surface area contributed by atoms with Crippen molar-refractivity contribution in [1.82, 2.24) is 14.8 Å². The minimum absolute atomic E-state index is 0.730. The van der Waals surface area contributed by atoms with Gasteiger partial charge in [-0.3, -0.25) is 9.67 Å². The highest BCUT2D eigenvalue weighted by molar-refractivity contribution is 5.46. The molecule has 0 atom stereocenters. The maximum absolute atomic E-state index is 4.29. The summed E-state index contributed by atoms with van der Waals surface area (Å²) in [5.41, 5.74) is 3.09. The van der Waals surface area contributed by atoms with Gasteiger partial charge >= 0.3 is 0 Å². The third kappa shape index (κ3) is 2.34. The lowest BCUT2D eigenvalue weighted by molar-refractivity contribution is 0.747. The van der Waals surface area contributed by atoms with Crippen molar-refractivity contribution in [1.29, 1.82) is 0 Å². The van der Waals surface area contributed by atoms with Gasteiger partial charge in [-0.25, -0.2) is 0 Å². The van der Waals surface area contributed by atoms with Crippen LogP contribution in [0, 0.1) is 6.92 Å². The number of pyridine rings is 1. The van der Waals surface area contributed by atoms with Crippen LogP contribution in [0.3, 0.4) is 0 Å². The van der Waals surface area contributed by atoms with Gasteiger partial charge in [0.25, 0.3) is 0 Å². The second kappa shape index (κ2) is 4.13. The molecule has 78 valence electrons. The first-order valence-electron chi connectivity index (χ1n) is 4.90. The molecule has 15 heavy (non-hydrogen) atoms. The molecule has 2 heterocycles. The largest absolute Gasteiger partial charge is 0.378 e. The van der Waals surface area contributed by atoms with Gasteiger partial charge in [0.15, 0.2) is 0 Å². The molecule has 0 saturated heterocycles. The lowest BCUT2D eigenvalue weighted by atomic mass is 10.3. The molecule has 0 amide bonds. The third-order valence-electron chi connectivity index (χ3n) is 2.24. The predicted molar refractivity (Wildman–Crippen MR) is 59.5 cm³/mol. The van der Waals surface area contributed by atoms with Crippen molar-refractivity contribution in [3.8, 4) is 0 Å². The molecule has 4 heteroatoms. The topological polar surface area (TPSA) is 42.7 Å². The van der Waals surface area contributed by atoms with Crippen molar-refractivity contribution in [2.75, 3.05) is 5.32 Å². The van der Waals surface area contributed by atoms with Crippen molar-refractivity contribution in [2.45, 2.75) is 13.5 Å². The van der Waals surface area contributed by atoms with Crippen LogP contribution in [0.2, 0.25) is 0 Å². The smallest absolute Gasteiger partial charge is 0.0815 e. The fourth-order valence-corrected chi connectivity index (χ4v) is 1.41. The first-order chi connectivity index (χ1) is 7.25. The number of nitrogens with one attached hydrogen (secondary N) is 1. The Kier molecular flexibility index (Phi) is 2.67. The van der Waals surface area contributed by atoms with E-state index < -0.39 is 0 Å². The van der Waals surface area contributed by atoms with Crippen LogP contribution in [0.25, 0.3) is 0 Å². The highest BCUT2D eigenvalue weighted by atomic mass is 15.3. The summed E-state index contributed by atoms with van der Waals surface area (Å²) in [5.74, 6) is 0. The Balaban J connectivity index is 2.02. The highest BCUT2D eigenvalue weighted by Crippen LogP contribution is 2.11. The van der Waals surface area contributed by atoms with Gasteiger partial charge < -0.3 is 5.32 Å². The van der Waals surface area contributed by atoms with Gasteiger partial charge in [-0.15, -0.1) is 0 Å². The van der Waals surface area contributed by atoms with Gasteiger partial charge in [0, 0.05) is 19.4 Å². The number of hydrogen-bond acceptors (Lipinski definition) is 3. The minimum Gasteiger partial charge on any atom is -0.378 e. The first-order valence-corrected chi connectivity index (χ1v) is 4.90. The lowest BCUT2D eigenvalue weighted by Gasteiger charge is -2.06. The second-order valence-electron chi connectivity index (χ2n) is 3.47. The molecule has 2 aromatic rings. The quantitative estimate of drug-likeness (QED) is 0.824. The summed E-state index contributed by atoms with van der Waals surface area (Å²) in [6.07, 6.45) is 3.73. The van der Waals surface area contributed by atoms with E-state index in [1.807, 2.05) is 38.4 Å². The van der Waals surface area contributed by atoms with Crippen molar-refractivity contribution in [3.05, 3.63) is 42.0 Å². The molecule has 2 rings (SSSR count). The zero-order valence-corrected chi connectivity index (χ0v) is 8.94. The van der Waals surface area contributed by atoms with Gasteiger partial charge in [0.1, 0.15) is 0 Å². The fourth-order valence-electron chi connectivity index (χ4n) is 1.41. The number of hydrogen-bond donors (Lipinski definition) is 1. The van der Waals surface area contributed by atoms with Crippen molar-refractivity contribution >= 4 is 5.69 Å². The molecule has 0 aliphatic carbocycles. The summed E-state index contributed by atoms with van der Waals surface area (Å²) in [4.78, 5) is 4.21. The number of anilines is 1. The maximum atomic E-state index is 4.29. The Labute approximate surface area is 89.0 Å². The third-order valence-corrected chi connectivity index (χ3v) is 2.24. The molecule has 0 unspecified atom stereocenters. The molecular formula is C11H14N4. The highest BCUT2D eigenvalue weighted by Gasteiger charge is 1.99. The molecule has 4 nitrogen and oxygen atoms in total. The van der Waals surface area contributed by atoms with Crippen LogP contribution in [0.5, 0.6) is 0 Å². The SMILES string of the molecule is Cc1ncccc1NCc1ccn(C)n1. The summed E-state index contributed by atoms with van der Waals surface area (Å²) in [7, 11) is 1.92. The molecule has 0 aliphatic heterocycles. The van der Waals surface area contributed by atoms with Crippen LogP contribution in [-0.2, 0) is 13.6 Å².